The van der Waals surface area contributed by atoms with Crippen LogP contribution in [0, 0.1) is 5.92 Å². The molecule has 4 rings (SSSR count). The van der Waals surface area contributed by atoms with E-state index in [1.54, 1.807) is 6.20 Å². The van der Waals surface area contributed by atoms with E-state index in [4.69, 9.17) is 4.98 Å². The number of aromatic nitrogens is 5. The first kappa shape index (κ1) is 29.9. The number of alkyl halides is 6. The molecule has 0 radical (unpaired) electrons. The molecule has 1 aliphatic carbocycles. The van der Waals surface area contributed by atoms with Gasteiger partial charge in [-0.25, -0.2) is 4.98 Å². The van der Waals surface area contributed by atoms with Gasteiger partial charge < -0.3 is 9.80 Å². The summed E-state index contributed by atoms with van der Waals surface area (Å²) in [6.07, 6.45) is -1.56. The Morgan fingerprint density at radius 3 is 2.12 bits per heavy atom. The molecular formula is C26H31F6N7S. The first-order chi connectivity index (χ1) is 18.9. The second-order valence-electron chi connectivity index (χ2n) is 9.90. The van der Waals surface area contributed by atoms with Gasteiger partial charge in [0, 0.05) is 36.3 Å². The molecule has 0 unspecified atom stereocenters. The summed E-state index contributed by atoms with van der Waals surface area (Å²) in [7, 11) is 1.53. The van der Waals surface area contributed by atoms with Crippen LogP contribution in [0.3, 0.4) is 0 Å². The highest BCUT2D eigenvalue weighted by molar-refractivity contribution is 7.98. The summed E-state index contributed by atoms with van der Waals surface area (Å²) >= 11 is 1.49. The van der Waals surface area contributed by atoms with Crippen molar-refractivity contribution < 1.29 is 26.3 Å². The summed E-state index contributed by atoms with van der Waals surface area (Å²) in [4.78, 5) is 10.5. The lowest BCUT2D eigenvalue weighted by Crippen LogP contribution is -2.32. The molecule has 14 heteroatoms. The third-order valence-corrected chi connectivity index (χ3v) is 7.65. The van der Waals surface area contributed by atoms with Crippen molar-refractivity contribution in [1.82, 2.24) is 25.2 Å². The molecule has 1 aromatic carbocycles. The number of halogens is 6. The van der Waals surface area contributed by atoms with E-state index < -0.39 is 23.5 Å². The fourth-order valence-electron chi connectivity index (χ4n) is 5.00. The Morgan fingerprint density at radius 1 is 0.950 bits per heavy atom. The number of benzene rings is 1. The Labute approximate surface area is 232 Å². The lowest BCUT2D eigenvalue weighted by atomic mass is 10.0. The summed E-state index contributed by atoms with van der Waals surface area (Å²) in [5.74, 6) is 1.34. The fourth-order valence-corrected chi connectivity index (χ4v) is 5.42. The molecule has 0 saturated heterocycles. The van der Waals surface area contributed by atoms with Crippen LogP contribution in [0.25, 0.3) is 0 Å². The molecule has 218 valence electrons. The van der Waals surface area contributed by atoms with Crippen LogP contribution in [0.5, 0.6) is 0 Å². The van der Waals surface area contributed by atoms with Crippen molar-refractivity contribution in [3.05, 3.63) is 52.7 Å². The van der Waals surface area contributed by atoms with Gasteiger partial charge in [-0.15, -0.1) is 16.9 Å². The maximum atomic E-state index is 13.5. The largest absolute Gasteiger partial charge is 0.416 e. The van der Waals surface area contributed by atoms with Crippen LogP contribution in [0.4, 0.5) is 38.1 Å². The van der Waals surface area contributed by atoms with Crippen LogP contribution < -0.4 is 9.80 Å². The average molecular weight is 588 g/mol. The zero-order valence-corrected chi connectivity index (χ0v) is 23.2. The minimum absolute atomic E-state index is 0.0767. The van der Waals surface area contributed by atoms with Gasteiger partial charge in [0.2, 0.25) is 0 Å². The van der Waals surface area contributed by atoms with Gasteiger partial charge in [0.25, 0.3) is 5.95 Å². The zero-order valence-electron chi connectivity index (χ0n) is 22.4. The molecule has 40 heavy (non-hydrogen) atoms. The third-order valence-electron chi connectivity index (χ3n) is 6.95. The first-order valence-corrected chi connectivity index (χ1v) is 14.1. The Balaban J connectivity index is 1.74. The number of thioether (sulfide) groups is 1. The Bertz CT molecular complexity index is 1260. The Hall–Kier alpha value is -3.03. The number of hydrogen-bond acceptors (Lipinski definition) is 7. The minimum atomic E-state index is -4.95. The van der Waals surface area contributed by atoms with E-state index in [-0.39, 0.29) is 30.7 Å². The molecule has 0 bridgehead atoms. The molecule has 1 saturated carbocycles. The zero-order chi connectivity index (χ0) is 29.1. The van der Waals surface area contributed by atoms with E-state index in [2.05, 4.69) is 20.3 Å². The molecule has 1 aliphatic rings. The topological polar surface area (TPSA) is 63.0 Å². The van der Waals surface area contributed by atoms with Crippen molar-refractivity contribution in [3.63, 3.8) is 0 Å². The van der Waals surface area contributed by atoms with Crippen molar-refractivity contribution in [2.24, 2.45) is 13.0 Å². The molecule has 0 N–H and O–H groups in total. The molecule has 0 amide bonds. The molecule has 7 nitrogen and oxygen atoms in total. The molecule has 3 aromatic rings. The standard InChI is InChI=1S/C26H31F6N7S/c1-4-38(14-17-7-5-6-8-17)23-19(11-22(40-3)13-33-23)16-39(24-34-36-37(2)35-24)15-18-9-20(25(27,28)29)12-21(10-18)26(30,31)32/h9-13,17H,4-8,14-16H2,1-3H3. The van der Waals surface area contributed by atoms with Crippen LogP contribution in [0.2, 0.25) is 0 Å². The first-order valence-electron chi connectivity index (χ1n) is 12.9. The molecule has 0 spiro atoms. The second-order valence-corrected chi connectivity index (χ2v) is 10.8. The second kappa shape index (κ2) is 12.2. The monoisotopic (exact) mass is 587 g/mol. The number of pyridine rings is 1. The summed E-state index contributed by atoms with van der Waals surface area (Å²) in [6, 6.07) is 3.53. The smallest absolute Gasteiger partial charge is 0.356 e. The lowest BCUT2D eigenvalue weighted by Gasteiger charge is -2.29. The van der Waals surface area contributed by atoms with Crippen molar-refractivity contribution in [2.45, 2.75) is 62.9 Å². The van der Waals surface area contributed by atoms with E-state index in [9.17, 15) is 26.3 Å². The van der Waals surface area contributed by atoms with Crippen molar-refractivity contribution in [3.8, 4) is 0 Å². The van der Waals surface area contributed by atoms with Gasteiger partial charge in [0.05, 0.1) is 24.7 Å². The summed E-state index contributed by atoms with van der Waals surface area (Å²) in [6.45, 7) is 3.34. The van der Waals surface area contributed by atoms with E-state index in [0.717, 1.165) is 47.8 Å². The minimum Gasteiger partial charge on any atom is -0.356 e. The Kier molecular flexibility index (Phi) is 9.16. The maximum absolute atomic E-state index is 13.5. The fraction of sp³-hybridized carbons (Fsp3) is 0.538. The Morgan fingerprint density at radius 2 is 1.60 bits per heavy atom. The van der Waals surface area contributed by atoms with Crippen LogP contribution in [-0.2, 0) is 32.5 Å². The number of aryl methyl sites for hydroxylation is 1. The van der Waals surface area contributed by atoms with Gasteiger partial charge in [-0.1, -0.05) is 17.9 Å². The number of tetrazole rings is 1. The molecule has 2 aromatic heterocycles. The molecule has 1 fully saturated rings. The van der Waals surface area contributed by atoms with Gasteiger partial charge in [0.15, 0.2) is 0 Å². The van der Waals surface area contributed by atoms with E-state index in [0.29, 0.717) is 12.5 Å². The van der Waals surface area contributed by atoms with E-state index in [1.807, 2.05) is 19.2 Å². The highest BCUT2D eigenvalue weighted by Crippen LogP contribution is 2.37. The quantitative estimate of drug-likeness (QED) is 0.196. The third kappa shape index (κ3) is 7.38. The SMILES string of the molecule is CCN(CC1CCCC1)c1ncc(SC)cc1CN(Cc1cc(C(F)(F)F)cc(C(F)(F)F)c1)c1nnn(C)n1. The van der Waals surface area contributed by atoms with Crippen molar-refractivity contribution in [1.29, 1.82) is 0 Å². The number of nitrogens with zero attached hydrogens (tertiary/aromatic N) is 7. The number of hydrogen-bond donors (Lipinski definition) is 0. The molecule has 2 heterocycles. The van der Waals surface area contributed by atoms with Gasteiger partial charge in [-0.05, 0) is 67.0 Å². The molecule has 0 aliphatic heterocycles. The normalized spacial score (nSPS) is 14.6. The average Bonchev–Trinajstić information content (AvgIpc) is 3.57. The predicted octanol–water partition coefficient (Wildman–Crippen LogP) is 6.59. The van der Waals surface area contributed by atoms with Crippen molar-refractivity contribution in [2.75, 3.05) is 29.1 Å². The van der Waals surface area contributed by atoms with E-state index in [1.165, 1.54) is 41.3 Å². The van der Waals surface area contributed by atoms with Crippen LogP contribution in [0.15, 0.2) is 35.4 Å². The lowest BCUT2D eigenvalue weighted by molar-refractivity contribution is -0.143. The van der Waals surface area contributed by atoms with Crippen molar-refractivity contribution >= 4 is 23.5 Å². The highest BCUT2D eigenvalue weighted by atomic mass is 32.2. The number of rotatable bonds is 10. The summed E-state index contributed by atoms with van der Waals surface area (Å²) < 4.78 is 81.3. The predicted molar refractivity (Wildman–Crippen MR) is 141 cm³/mol. The van der Waals surface area contributed by atoms with Gasteiger partial charge >= 0.3 is 12.4 Å². The van der Waals surface area contributed by atoms with E-state index >= 15 is 0 Å². The maximum Gasteiger partial charge on any atom is 0.416 e. The molecule has 0 atom stereocenters. The number of anilines is 2. The van der Waals surface area contributed by atoms with Gasteiger partial charge in [-0.3, -0.25) is 0 Å². The highest BCUT2D eigenvalue weighted by Gasteiger charge is 2.37. The van der Waals surface area contributed by atoms with Crippen LogP contribution in [-0.4, -0.2) is 44.5 Å². The van der Waals surface area contributed by atoms with Gasteiger partial charge in [-0.2, -0.15) is 31.1 Å². The summed E-state index contributed by atoms with van der Waals surface area (Å²) in [5, 5.41) is 12.1. The summed E-state index contributed by atoms with van der Waals surface area (Å²) in [5.41, 5.74) is -2.15. The van der Waals surface area contributed by atoms with Crippen LogP contribution >= 0.6 is 11.8 Å². The molecular weight excluding hydrogens is 556 g/mol. The van der Waals surface area contributed by atoms with Gasteiger partial charge in [0.1, 0.15) is 5.82 Å². The van der Waals surface area contributed by atoms with Crippen LogP contribution in [0.1, 0.15) is 54.9 Å².